The van der Waals surface area contributed by atoms with Crippen LogP contribution in [0.4, 0.5) is 11.4 Å². The molecule has 0 aromatic heterocycles. The first-order valence-electron chi connectivity index (χ1n) is 6.69. The minimum absolute atomic E-state index is 1.05. The van der Waals surface area contributed by atoms with Crippen molar-refractivity contribution < 1.29 is 0 Å². The molecule has 0 saturated carbocycles. The first-order valence-corrected chi connectivity index (χ1v) is 6.69. The van der Waals surface area contributed by atoms with E-state index in [0.29, 0.717) is 0 Å². The quantitative estimate of drug-likeness (QED) is 0.803. The number of hydrogen-bond acceptors (Lipinski definition) is 1. The minimum Gasteiger partial charge on any atom is -0.355 e. The van der Waals surface area contributed by atoms with Crippen molar-refractivity contribution in [1.82, 2.24) is 0 Å². The molecular weight excluding hydrogens is 218 g/mol. The van der Waals surface area contributed by atoms with E-state index in [-0.39, 0.29) is 0 Å². The second-order valence-electron chi connectivity index (χ2n) is 4.60. The van der Waals surface area contributed by atoms with Gasteiger partial charge in [-0.25, -0.2) is 0 Å². The molecule has 1 heteroatoms. The van der Waals surface area contributed by atoms with Crippen LogP contribution in [-0.2, 0) is 12.8 Å². The summed E-state index contributed by atoms with van der Waals surface area (Å²) in [6, 6.07) is 15.0. The largest absolute Gasteiger partial charge is 0.355 e. The summed E-state index contributed by atoms with van der Waals surface area (Å²) in [5.41, 5.74) is 6.54. The number of aryl methyl sites for hydroxylation is 3. The zero-order valence-electron chi connectivity index (χ0n) is 11.5. The van der Waals surface area contributed by atoms with Crippen molar-refractivity contribution >= 4 is 11.4 Å². The highest BCUT2D eigenvalue weighted by Crippen LogP contribution is 2.27. The second kappa shape index (κ2) is 5.72. The van der Waals surface area contributed by atoms with E-state index in [1.165, 1.54) is 28.1 Å². The van der Waals surface area contributed by atoms with Crippen molar-refractivity contribution in [2.75, 3.05) is 5.32 Å². The van der Waals surface area contributed by atoms with Crippen LogP contribution in [0.15, 0.2) is 42.5 Å². The maximum atomic E-state index is 3.61. The van der Waals surface area contributed by atoms with Crippen molar-refractivity contribution in [1.29, 1.82) is 0 Å². The molecule has 2 rings (SSSR count). The molecule has 0 heterocycles. The lowest BCUT2D eigenvalue weighted by Gasteiger charge is -2.16. The van der Waals surface area contributed by atoms with Gasteiger partial charge in [-0.15, -0.1) is 0 Å². The molecule has 0 radical (unpaired) electrons. The maximum Gasteiger partial charge on any atom is 0.0446 e. The molecule has 1 nitrogen and oxygen atoms in total. The van der Waals surface area contributed by atoms with Gasteiger partial charge in [0.25, 0.3) is 0 Å². The van der Waals surface area contributed by atoms with Gasteiger partial charge in [-0.3, -0.25) is 0 Å². The van der Waals surface area contributed by atoms with Gasteiger partial charge in [0, 0.05) is 11.4 Å². The average Bonchev–Trinajstić information content (AvgIpc) is 2.41. The molecule has 0 aliphatic carbocycles. The van der Waals surface area contributed by atoms with Crippen LogP contribution < -0.4 is 5.32 Å². The lowest BCUT2D eigenvalue weighted by molar-refractivity contribution is 1.12. The van der Waals surface area contributed by atoms with Crippen molar-refractivity contribution in [3.05, 3.63) is 59.2 Å². The van der Waals surface area contributed by atoms with Crippen LogP contribution in [0.2, 0.25) is 0 Å². The summed E-state index contributed by atoms with van der Waals surface area (Å²) in [6.07, 6.45) is 2.11. The SMILES string of the molecule is CCc1ccccc1Nc1c(C)cccc1CC. The molecule has 0 saturated heterocycles. The van der Waals surface area contributed by atoms with Crippen LogP contribution in [0.25, 0.3) is 0 Å². The number of rotatable bonds is 4. The van der Waals surface area contributed by atoms with Crippen LogP contribution in [0.5, 0.6) is 0 Å². The molecule has 1 N–H and O–H groups in total. The van der Waals surface area contributed by atoms with Crippen molar-refractivity contribution in [3.63, 3.8) is 0 Å². The Morgan fingerprint density at radius 1 is 0.833 bits per heavy atom. The van der Waals surface area contributed by atoms with Gasteiger partial charge < -0.3 is 5.32 Å². The van der Waals surface area contributed by atoms with E-state index < -0.39 is 0 Å². The standard InChI is InChI=1S/C17H21N/c1-4-14-10-6-7-12-16(14)18-17-13(3)9-8-11-15(17)5-2/h6-12,18H,4-5H2,1-3H3. The topological polar surface area (TPSA) is 12.0 Å². The molecule has 0 fully saturated rings. The molecule has 0 bridgehead atoms. The number of benzene rings is 2. The molecule has 0 amide bonds. The summed E-state index contributed by atoms with van der Waals surface area (Å²) in [4.78, 5) is 0. The highest BCUT2D eigenvalue weighted by atomic mass is 14.9. The van der Waals surface area contributed by atoms with Gasteiger partial charge >= 0.3 is 0 Å². The summed E-state index contributed by atoms with van der Waals surface area (Å²) < 4.78 is 0. The molecular formula is C17H21N. The first-order chi connectivity index (χ1) is 8.76. The van der Waals surface area contributed by atoms with Gasteiger partial charge in [0.05, 0.1) is 0 Å². The first kappa shape index (κ1) is 12.7. The van der Waals surface area contributed by atoms with Crippen molar-refractivity contribution in [2.24, 2.45) is 0 Å². The highest BCUT2D eigenvalue weighted by molar-refractivity contribution is 5.69. The van der Waals surface area contributed by atoms with Gasteiger partial charge in [-0.2, -0.15) is 0 Å². The monoisotopic (exact) mass is 239 g/mol. The van der Waals surface area contributed by atoms with Gasteiger partial charge in [0.1, 0.15) is 0 Å². The molecule has 0 atom stereocenters. The van der Waals surface area contributed by atoms with Gasteiger partial charge in [-0.1, -0.05) is 50.2 Å². The Bertz CT molecular complexity index is 529. The van der Waals surface area contributed by atoms with Crippen LogP contribution in [0.3, 0.4) is 0 Å². The van der Waals surface area contributed by atoms with Crippen molar-refractivity contribution in [2.45, 2.75) is 33.6 Å². The third-order valence-electron chi connectivity index (χ3n) is 3.40. The highest BCUT2D eigenvalue weighted by Gasteiger charge is 2.06. The molecule has 2 aromatic rings. The van der Waals surface area contributed by atoms with E-state index in [4.69, 9.17) is 0 Å². The van der Waals surface area contributed by atoms with E-state index in [2.05, 4.69) is 68.6 Å². The number of para-hydroxylation sites is 2. The summed E-state index contributed by atoms with van der Waals surface area (Å²) in [5, 5.41) is 3.61. The smallest absolute Gasteiger partial charge is 0.0446 e. The molecule has 0 spiro atoms. The normalized spacial score (nSPS) is 10.4. The Kier molecular flexibility index (Phi) is 4.03. The third-order valence-corrected chi connectivity index (χ3v) is 3.40. The lowest BCUT2D eigenvalue weighted by Crippen LogP contribution is -2.00. The zero-order valence-corrected chi connectivity index (χ0v) is 11.5. The van der Waals surface area contributed by atoms with Crippen LogP contribution in [0.1, 0.15) is 30.5 Å². The molecule has 0 unspecified atom stereocenters. The van der Waals surface area contributed by atoms with Crippen LogP contribution >= 0.6 is 0 Å². The Morgan fingerprint density at radius 3 is 2.22 bits per heavy atom. The molecule has 2 aromatic carbocycles. The van der Waals surface area contributed by atoms with E-state index in [1.54, 1.807) is 0 Å². The van der Waals surface area contributed by atoms with Gasteiger partial charge in [0.15, 0.2) is 0 Å². The Labute approximate surface area is 110 Å². The number of nitrogens with one attached hydrogen (secondary N) is 1. The molecule has 0 aliphatic rings. The molecule has 18 heavy (non-hydrogen) atoms. The average molecular weight is 239 g/mol. The lowest BCUT2D eigenvalue weighted by atomic mass is 10.0. The van der Waals surface area contributed by atoms with E-state index >= 15 is 0 Å². The summed E-state index contributed by atoms with van der Waals surface area (Å²) in [6.45, 7) is 6.56. The number of anilines is 2. The Balaban J connectivity index is 2.39. The summed E-state index contributed by atoms with van der Waals surface area (Å²) >= 11 is 0. The fourth-order valence-electron chi connectivity index (χ4n) is 2.29. The van der Waals surface area contributed by atoms with Crippen LogP contribution in [0, 0.1) is 6.92 Å². The van der Waals surface area contributed by atoms with Crippen molar-refractivity contribution in [3.8, 4) is 0 Å². The maximum absolute atomic E-state index is 3.61. The predicted octanol–water partition coefficient (Wildman–Crippen LogP) is 4.86. The van der Waals surface area contributed by atoms with Gasteiger partial charge in [-0.05, 0) is 42.5 Å². The van der Waals surface area contributed by atoms with Gasteiger partial charge in [0.2, 0.25) is 0 Å². The Hall–Kier alpha value is -1.76. The third kappa shape index (κ3) is 2.56. The van der Waals surface area contributed by atoms with E-state index in [1.807, 2.05) is 0 Å². The van der Waals surface area contributed by atoms with Crippen LogP contribution in [-0.4, -0.2) is 0 Å². The summed E-state index contributed by atoms with van der Waals surface area (Å²) in [7, 11) is 0. The fourth-order valence-corrected chi connectivity index (χ4v) is 2.29. The molecule has 0 aliphatic heterocycles. The summed E-state index contributed by atoms with van der Waals surface area (Å²) in [5.74, 6) is 0. The fraction of sp³-hybridized carbons (Fsp3) is 0.294. The zero-order chi connectivity index (χ0) is 13.0. The minimum atomic E-state index is 1.05. The second-order valence-corrected chi connectivity index (χ2v) is 4.60. The predicted molar refractivity (Wildman–Crippen MR) is 79.7 cm³/mol. The number of hydrogen-bond donors (Lipinski definition) is 1. The van der Waals surface area contributed by atoms with E-state index in [9.17, 15) is 0 Å². The Morgan fingerprint density at radius 2 is 1.50 bits per heavy atom. The molecule has 94 valence electrons. The van der Waals surface area contributed by atoms with E-state index in [0.717, 1.165) is 12.8 Å².